The van der Waals surface area contributed by atoms with Gasteiger partial charge in [0.1, 0.15) is 5.82 Å². The zero-order chi connectivity index (χ0) is 13.0. The summed E-state index contributed by atoms with van der Waals surface area (Å²) in [5, 5.41) is 9.81. The van der Waals surface area contributed by atoms with Crippen LogP contribution in [0.15, 0.2) is 18.3 Å². The molecule has 4 nitrogen and oxygen atoms in total. The fraction of sp³-hybridized carbons (Fsp3) is 0.643. The highest BCUT2D eigenvalue weighted by Gasteiger charge is 2.23. The highest BCUT2D eigenvalue weighted by molar-refractivity contribution is 5.48. The van der Waals surface area contributed by atoms with E-state index in [0.717, 1.165) is 43.9 Å². The summed E-state index contributed by atoms with van der Waals surface area (Å²) in [4.78, 5) is 6.66. The molecule has 4 heteroatoms. The fourth-order valence-electron chi connectivity index (χ4n) is 2.50. The van der Waals surface area contributed by atoms with Crippen molar-refractivity contribution in [3.63, 3.8) is 0 Å². The third-order valence-electron chi connectivity index (χ3n) is 3.35. The Balaban J connectivity index is 2.15. The van der Waals surface area contributed by atoms with E-state index in [4.69, 9.17) is 4.74 Å². The van der Waals surface area contributed by atoms with Crippen LogP contribution in [0.5, 0.6) is 0 Å². The lowest BCUT2D eigenvalue weighted by Crippen LogP contribution is -2.40. The number of pyridine rings is 1. The van der Waals surface area contributed by atoms with Crippen LogP contribution in [0.4, 0.5) is 5.82 Å². The average Bonchev–Trinajstić information content (AvgIpc) is 2.39. The molecule has 0 saturated carbocycles. The van der Waals surface area contributed by atoms with Crippen molar-refractivity contribution in [1.82, 2.24) is 4.98 Å². The topological polar surface area (TPSA) is 45.6 Å². The van der Waals surface area contributed by atoms with E-state index in [9.17, 15) is 5.11 Å². The van der Waals surface area contributed by atoms with Crippen molar-refractivity contribution < 1.29 is 9.84 Å². The van der Waals surface area contributed by atoms with Gasteiger partial charge < -0.3 is 14.7 Å². The van der Waals surface area contributed by atoms with Crippen LogP contribution >= 0.6 is 0 Å². The maximum Gasteiger partial charge on any atom is 0.134 e. The molecule has 1 aliphatic heterocycles. The van der Waals surface area contributed by atoms with Gasteiger partial charge in [-0.05, 0) is 32.8 Å². The first-order chi connectivity index (χ1) is 8.72. The zero-order valence-electron chi connectivity index (χ0n) is 11.2. The van der Waals surface area contributed by atoms with Gasteiger partial charge >= 0.3 is 0 Å². The maximum absolute atomic E-state index is 9.81. The molecule has 1 aromatic rings. The summed E-state index contributed by atoms with van der Waals surface area (Å²) in [7, 11) is 0. The first-order valence-electron chi connectivity index (χ1n) is 6.72. The summed E-state index contributed by atoms with van der Waals surface area (Å²) >= 11 is 0. The minimum absolute atomic E-state index is 0.285. The lowest BCUT2D eigenvalue weighted by atomic mass is 10.1. The minimum atomic E-state index is -0.485. The number of piperidine rings is 1. The molecule has 0 amide bonds. The van der Waals surface area contributed by atoms with Crippen molar-refractivity contribution in [2.75, 3.05) is 24.6 Å². The summed E-state index contributed by atoms with van der Waals surface area (Å²) in [5.74, 6) is 0.900. The first kappa shape index (κ1) is 13.3. The first-order valence-corrected chi connectivity index (χ1v) is 6.72. The van der Waals surface area contributed by atoms with E-state index in [1.165, 1.54) is 0 Å². The lowest BCUT2D eigenvalue weighted by molar-refractivity contribution is 0.0523. The molecule has 0 bridgehead atoms. The monoisotopic (exact) mass is 250 g/mol. The predicted molar refractivity (Wildman–Crippen MR) is 71.7 cm³/mol. The zero-order valence-corrected chi connectivity index (χ0v) is 11.2. The Morgan fingerprint density at radius 2 is 2.44 bits per heavy atom. The summed E-state index contributed by atoms with van der Waals surface area (Å²) in [6.45, 7) is 6.42. The van der Waals surface area contributed by atoms with E-state index in [-0.39, 0.29) is 6.10 Å². The SMILES string of the molecule is CCOC1CCCN(c2ncccc2[C@H](C)O)C1. The Morgan fingerprint density at radius 1 is 1.61 bits per heavy atom. The molecule has 2 rings (SSSR count). The van der Waals surface area contributed by atoms with Crippen LogP contribution in [0, 0.1) is 0 Å². The second kappa shape index (κ2) is 6.16. The van der Waals surface area contributed by atoms with Crippen molar-refractivity contribution in [2.45, 2.75) is 38.9 Å². The molecule has 1 saturated heterocycles. The summed E-state index contributed by atoms with van der Waals surface area (Å²) in [6.07, 6.45) is 3.81. The van der Waals surface area contributed by atoms with Gasteiger partial charge in [-0.3, -0.25) is 0 Å². The number of nitrogens with zero attached hydrogens (tertiary/aromatic N) is 2. The molecule has 1 fully saturated rings. The molecule has 0 aromatic carbocycles. The molecule has 0 radical (unpaired) electrons. The molecule has 0 aliphatic carbocycles. The molecule has 1 aliphatic rings. The number of ether oxygens (including phenoxy) is 1. The quantitative estimate of drug-likeness (QED) is 0.889. The van der Waals surface area contributed by atoms with E-state index < -0.39 is 6.10 Å². The van der Waals surface area contributed by atoms with E-state index in [2.05, 4.69) is 9.88 Å². The molecular formula is C14H22N2O2. The lowest BCUT2D eigenvalue weighted by Gasteiger charge is -2.34. The van der Waals surface area contributed by atoms with Crippen LogP contribution in [-0.2, 0) is 4.74 Å². The van der Waals surface area contributed by atoms with Gasteiger partial charge in [0.05, 0.1) is 12.2 Å². The van der Waals surface area contributed by atoms with Crippen LogP contribution in [-0.4, -0.2) is 35.9 Å². The molecular weight excluding hydrogens is 228 g/mol. The van der Waals surface area contributed by atoms with Crippen molar-refractivity contribution in [3.05, 3.63) is 23.9 Å². The summed E-state index contributed by atoms with van der Waals surface area (Å²) in [6, 6.07) is 3.81. The normalized spacial score (nSPS) is 21.9. The highest BCUT2D eigenvalue weighted by Crippen LogP contribution is 2.26. The molecule has 2 atom stereocenters. The van der Waals surface area contributed by atoms with Gasteiger partial charge in [0.15, 0.2) is 0 Å². The van der Waals surface area contributed by atoms with E-state index in [0.29, 0.717) is 0 Å². The van der Waals surface area contributed by atoms with Crippen LogP contribution in [0.3, 0.4) is 0 Å². The second-order valence-corrected chi connectivity index (χ2v) is 4.76. The van der Waals surface area contributed by atoms with Crippen LogP contribution in [0.2, 0.25) is 0 Å². The van der Waals surface area contributed by atoms with Crippen LogP contribution in [0.1, 0.15) is 38.4 Å². The molecule has 2 heterocycles. The molecule has 1 unspecified atom stereocenters. The van der Waals surface area contributed by atoms with Gasteiger partial charge in [-0.25, -0.2) is 4.98 Å². The van der Waals surface area contributed by atoms with Gasteiger partial charge in [0, 0.05) is 31.5 Å². The van der Waals surface area contributed by atoms with Gasteiger partial charge in [0.25, 0.3) is 0 Å². The van der Waals surface area contributed by atoms with Crippen LogP contribution in [0.25, 0.3) is 0 Å². The minimum Gasteiger partial charge on any atom is -0.389 e. The molecule has 1 N–H and O–H groups in total. The number of aliphatic hydroxyl groups is 1. The third-order valence-corrected chi connectivity index (χ3v) is 3.35. The van der Waals surface area contributed by atoms with E-state index >= 15 is 0 Å². The van der Waals surface area contributed by atoms with Crippen molar-refractivity contribution in [3.8, 4) is 0 Å². The number of aliphatic hydroxyl groups excluding tert-OH is 1. The van der Waals surface area contributed by atoms with E-state index in [1.54, 1.807) is 13.1 Å². The largest absolute Gasteiger partial charge is 0.389 e. The summed E-state index contributed by atoms with van der Waals surface area (Å²) in [5.41, 5.74) is 0.898. The number of rotatable bonds is 4. The van der Waals surface area contributed by atoms with Gasteiger partial charge in [-0.15, -0.1) is 0 Å². The number of anilines is 1. The Kier molecular flexibility index (Phi) is 4.55. The number of hydrogen-bond acceptors (Lipinski definition) is 4. The fourth-order valence-corrected chi connectivity index (χ4v) is 2.50. The van der Waals surface area contributed by atoms with Gasteiger partial charge in [-0.2, -0.15) is 0 Å². The van der Waals surface area contributed by atoms with Crippen molar-refractivity contribution in [1.29, 1.82) is 0 Å². The third kappa shape index (κ3) is 3.00. The van der Waals surface area contributed by atoms with Crippen molar-refractivity contribution >= 4 is 5.82 Å². The average molecular weight is 250 g/mol. The molecule has 18 heavy (non-hydrogen) atoms. The smallest absolute Gasteiger partial charge is 0.134 e. The number of hydrogen-bond donors (Lipinski definition) is 1. The Morgan fingerprint density at radius 3 is 3.17 bits per heavy atom. The molecule has 0 spiro atoms. The summed E-state index contributed by atoms with van der Waals surface area (Å²) < 4.78 is 5.70. The molecule has 100 valence electrons. The molecule has 1 aromatic heterocycles. The predicted octanol–water partition coefficient (Wildman–Crippen LogP) is 2.14. The van der Waals surface area contributed by atoms with Crippen LogP contribution < -0.4 is 4.90 Å². The number of aromatic nitrogens is 1. The van der Waals surface area contributed by atoms with Gasteiger partial charge in [-0.1, -0.05) is 6.07 Å². The second-order valence-electron chi connectivity index (χ2n) is 4.76. The maximum atomic E-state index is 9.81. The highest BCUT2D eigenvalue weighted by atomic mass is 16.5. The standard InChI is InChI=1S/C14H22N2O2/c1-3-18-12-6-5-9-16(10-12)14-13(11(2)17)7-4-8-15-14/h4,7-8,11-12,17H,3,5-6,9-10H2,1-2H3/t11-,12?/m0/s1. The Labute approximate surface area is 109 Å². The Hall–Kier alpha value is -1.13. The van der Waals surface area contributed by atoms with Crippen molar-refractivity contribution in [2.24, 2.45) is 0 Å². The van der Waals surface area contributed by atoms with Gasteiger partial charge in [0.2, 0.25) is 0 Å². The van der Waals surface area contributed by atoms with E-state index in [1.807, 2.05) is 19.1 Å². The Bertz CT molecular complexity index is 380.